The third-order valence-electron chi connectivity index (χ3n) is 3.24. The van der Waals surface area contributed by atoms with Gasteiger partial charge in [0.05, 0.1) is 6.10 Å². The van der Waals surface area contributed by atoms with Gasteiger partial charge in [0, 0.05) is 22.4 Å². The van der Waals surface area contributed by atoms with Crippen molar-refractivity contribution in [2.24, 2.45) is 0 Å². The molecule has 1 aromatic rings. The lowest BCUT2D eigenvalue weighted by atomic mass is 9.93. The maximum absolute atomic E-state index is 5.38. The molecule has 0 aromatic heterocycles. The first-order chi connectivity index (χ1) is 7.79. The van der Waals surface area contributed by atoms with Gasteiger partial charge in [-0.25, -0.2) is 0 Å². The van der Waals surface area contributed by atoms with E-state index in [-0.39, 0.29) is 0 Å². The Hall–Kier alpha value is -0.290. The highest BCUT2D eigenvalue weighted by Gasteiger charge is 2.20. The normalized spacial score (nSPS) is 25.4. The fourth-order valence-electron chi connectivity index (χ4n) is 2.24. The summed E-state index contributed by atoms with van der Waals surface area (Å²) in [6, 6.07) is 9.08. The van der Waals surface area contributed by atoms with Crippen LogP contribution in [-0.4, -0.2) is 19.3 Å². The average Bonchev–Trinajstić information content (AvgIpc) is 2.33. The Kier molecular flexibility index (Phi) is 4.46. The van der Waals surface area contributed by atoms with Crippen molar-refractivity contribution in [1.29, 1.82) is 0 Å². The number of anilines is 1. The van der Waals surface area contributed by atoms with E-state index in [1.807, 2.05) is 7.11 Å². The Morgan fingerprint density at radius 1 is 1.19 bits per heavy atom. The summed E-state index contributed by atoms with van der Waals surface area (Å²) in [5.74, 6) is 0. The van der Waals surface area contributed by atoms with Gasteiger partial charge in [0.25, 0.3) is 0 Å². The summed E-state index contributed by atoms with van der Waals surface area (Å²) in [6.45, 7) is 0. The molecule has 0 amide bonds. The summed E-state index contributed by atoms with van der Waals surface area (Å²) < 4.78 is 6.68. The van der Waals surface area contributed by atoms with Crippen molar-refractivity contribution in [3.63, 3.8) is 0 Å². The van der Waals surface area contributed by atoms with Crippen molar-refractivity contribution < 1.29 is 4.74 Å². The Morgan fingerprint density at radius 3 is 2.50 bits per heavy atom. The lowest BCUT2D eigenvalue weighted by Gasteiger charge is -2.29. The number of hydrogen-bond donors (Lipinski definition) is 1. The van der Waals surface area contributed by atoms with Crippen LogP contribution >= 0.6 is 22.6 Å². The van der Waals surface area contributed by atoms with Gasteiger partial charge in [-0.2, -0.15) is 0 Å². The number of benzene rings is 1. The molecule has 0 atom stereocenters. The summed E-state index contributed by atoms with van der Waals surface area (Å²) in [5.41, 5.74) is 1.27. The number of hydrogen-bond acceptors (Lipinski definition) is 2. The van der Waals surface area contributed by atoms with E-state index in [9.17, 15) is 0 Å². The predicted molar refractivity (Wildman–Crippen MR) is 75.8 cm³/mol. The molecule has 1 aliphatic carbocycles. The zero-order valence-electron chi connectivity index (χ0n) is 9.58. The van der Waals surface area contributed by atoms with Crippen LogP contribution in [0.25, 0.3) is 0 Å². The fourth-order valence-corrected chi connectivity index (χ4v) is 2.78. The van der Waals surface area contributed by atoms with Crippen LogP contribution < -0.4 is 5.32 Å². The Morgan fingerprint density at radius 2 is 1.88 bits per heavy atom. The minimum absolute atomic E-state index is 0.480. The van der Waals surface area contributed by atoms with Crippen molar-refractivity contribution in [1.82, 2.24) is 0 Å². The third-order valence-corrected chi connectivity index (χ3v) is 4.18. The van der Waals surface area contributed by atoms with Gasteiger partial charge in [-0.3, -0.25) is 0 Å². The molecule has 0 spiro atoms. The highest BCUT2D eigenvalue weighted by molar-refractivity contribution is 14.1. The van der Waals surface area contributed by atoms with Gasteiger partial charge in [0.2, 0.25) is 0 Å². The minimum atomic E-state index is 0.480. The van der Waals surface area contributed by atoms with Crippen LogP contribution in [0, 0.1) is 3.57 Å². The molecule has 88 valence electrons. The second kappa shape index (κ2) is 5.87. The highest BCUT2D eigenvalue weighted by Crippen LogP contribution is 2.25. The molecule has 0 aliphatic heterocycles. The van der Waals surface area contributed by atoms with Gasteiger partial charge in [-0.1, -0.05) is 12.1 Å². The van der Waals surface area contributed by atoms with Gasteiger partial charge in [-0.15, -0.1) is 0 Å². The average molecular weight is 331 g/mol. The molecule has 1 fully saturated rings. The largest absolute Gasteiger partial charge is 0.381 e. The molecule has 1 aromatic carbocycles. The van der Waals surface area contributed by atoms with Crippen LogP contribution in [0.4, 0.5) is 5.69 Å². The van der Waals surface area contributed by atoms with E-state index in [0.717, 1.165) is 0 Å². The highest BCUT2D eigenvalue weighted by atomic mass is 127. The molecule has 16 heavy (non-hydrogen) atoms. The minimum Gasteiger partial charge on any atom is -0.381 e. The summed E-state index contributed by atoms with van der Waals surface area (Å²) in [7, 11) is 1.82. The van der Waals surface area contributed by atoms with Gasteiger partial charge in [-0.05, 0) is 60.4 Å². The van der Waals surface area contributed by atoms with E-state index in [0.29, 0.717) is 12.1 Å². The lowest BCUT2D eigenvalue weighted by Crippen LogP contribution is -2.29. The second-order valence-electron chi connectivity index (χ2n) is 4.33. The van der Waals surface area contributed by atoms with Crippen LogP contribution in [0.3, 0.4) is 0 Å². The SMILES string of the molecule is COC1CCC(Nc2ccccc2I)CC1. The molecule has 1 saturated carbocycles. The summed E-state index contributed by atoms with van der Waals surface area (Å²) in [6.07, 6.45) is 5.26. The molecule has 1 N–H and O–H groups in total. The van der Waals surface area contributed by atoms with E-state index >= 15 is 0 Å². The van der Waals surface area contributed by atoms with E-state index < -0.39 is 0 Å². The molecular formula is C13H18INO. The molecular weight excluding hydrogens is 313 g/mol. The molecule has 2 rings (SSSR count). The van der Waals surface area contributed by atoms with Crippen LogP contribution in [0.2, 0.25) is 0 Å². The van der Waals surface area contributed by atoms with Gasteiger partial charge in [0.1, 0.15) is 0 Å². The van der Waals surface area contributed by atoms with Crippen molar-refractivity contribution in [3.05, 3.63) is 27.8 Å². The maximum Gasteiger partial charge on any atom is 0.0572 e. The first-order valence-corrected chi connectivity index (χ1v) is 6.91. The van der Waals surface area contributed by atoms with Gasteiger partial charge < -0.3 is 10.1 Å². The Labute approximate surface area is 111 Å². The van der Waals surface area contributed by atoms with Crippen molar-refractivity contribution in [2.75, 3.05) is 12.4 Å². The smallest absolute Gasteiger partial charge is 0.0572 e. The Balaban J connectivity index is 1.89. The monoisotopic (exact) mass is 331 g/mol. The van der Waals surface area contributed by atoms with Gasteiger partial charge in [0.15, 0.2) is 0 Å². The van der Waals surface area contributed by atoms with Gasteiger partial charge >= 0.3 is 0 Å². The molecule has 0 saturated heterocycles. The van der Waals surface area contributed by atoms with E-state index in [2.05, 4.69) is 52.2 Å². The van der Waals surface area contributed by atoms with Crippen molar-refractivity contribution >= 4 is 28.3 Å². The van der Waals surface area contributed by atoms with Crippen LogP contribution in [0.5, 0.6) is 0 Å². The summed E-state index contributed by atoms with van der Waals surface area (Å²) in [4.78, 5) is 0. The van der Waals surface area contributed by atoms with Crippen molar-refractivity contribution in [2.45, 2.75) is 37.8 Å². The van der Waals surface area contributed by atoms with E-state index in [1.54, 1.807) is 0 Å². The third kappa shape index (κ3) is 3.10. The van der Waals surface area contributed by atoms with Crippen LogP contribution in [0.15, 0.2) is 24.3 Å². The number of nitrogens with one attached hydrogen (secondary N) is 1. The number of rotatable bonds is 3. The molecule has 0 unspecified atom stereocenters. The Bertz CT molecular complexity index is 334. The lowest BCUT2D eigenvalue weighted by molar-refractivity contribution is 0.0682. The van der Waals surface area contributed by atoms with Crippen molar-refractivity contribution in [3.8, 4) is 0 Å². The zero-order valence-corrected chi connectivity index (χ0v) is 11.7. The molecule has 0 heterocycles. The number of halogens is 1. The second-order valence-corrected chi connectivity index (χ2v) is 5.50. The topological polar surface area (TPSA) is 21.3 Å². The predicted octanol–water partition coefficient (Wildman–Crippen LogP) is 3.66. The first-order valence-electron chi connectivity index (χ1n) is 5.83. The molecule has 0 radical (unpaired) electrons. The number of methoxy groups -OCH3 is 1. The molecule has 0 bridgehead atoms. The van der Waals surface area contributed by atoms with Crippen LogP contribution in [-0.2, 0) is 4.74 Å². The standard InChI is InChI=1S/C13H18INO/c1-16-11-8-6-10(7-9-11)15-13-5-3-2-4-12(13)14/h2-5,10-11,15H,6-9H2,1H3. The maximum atomic E-state index is 5.38. The first kappa shape index (κ1) is 12.2. The van der Waals surface area contributed by atoms with E-state index in [4.69, 9.17) is 4.74 Å². The molecule has 1 aliphatic rings. The number of para-hydroxylation sites is 1. The molecule has 3 heteroatoms. The zero-order chi connectivity index (χ0) is 11.4. The fraction of sp³-hybridized carbons (Fsp3) is 0.538. The quantitative estimate of drug-likeness (QED) is 0.854. The molecule has 2 nitrogen and oxygen atoms in total. The number of ether oxygens (including phenoxy) is 1. The van der Waals surface area contributed by atoms with E-state index in [1.165, 1.54) is 34.9 Å². The summed E-state index contributed by atoms with van der Waals surface area (Å²) >= 11 is 2.38. The van der Waals surface area contributed by atoms with Crippen LogP contribution in [0.1, 0.15) is 25.7 Å². The summed E-state index contributed by atoms with van der Waals surface area (Å²) in [5, 5.41) is 3.63.